The van der Waals surface area contributed by atoms with Crippen LogP contribution in [-0.4, -0.2) is 31.2 Å². The first-order valence-electron chi connectivity index (χ1n) is 4.72. The molecule has 0 radical (unpaired) electrons. The van der Waals surface area contributed by atoms with Crippen LogP contribution in [0.25, 0.3) is 0 Å². The first-order chi connectivity index (χ1) is 4.90. The number of hydrogen-bond acceptors (Lipinski definition) is 0. The molecule has 1 unspecified atom stereocenters. The van der Waals surface area contributed by atoms with Crippen molar-refractivity contribution >= 4 is 0 Å². The van der Waals surface area contributed by atoms with Crippen LogP contribution in [0.5, 0.6) is 0 Å². The molecule has 0 rings (SSSR count). The molecule has 0 aromatic heterocycles. The van der Waals surface area contributed by atoms with Gasteiger partial charge in [0.2, 0.25) is 0 Å². The summed E-state index contributed by atoms with van der Waals surface area (Å²) in [6.07, 6.45) is 1.30. The molecule has 68 valence electrons. The Bertz CT molecular complexity index is 105. The zero-order chi connectivity index (χ0) is 9.07. The molecule has 0 saturated heterocycles. The summed E-state index contributed by atoms with van der Waals surface area (Å²) >= 11 is 0. The molecule has 0 bridgehead atoms. The van der Waals surface area contributed by atoms with E-state index in [4.69, 9.17) is 0 Å². The van der Waals surface area contributed by atoms with Crippen LogP contribution in [0.1, 0.15) is 34.1 Å². The van der Waals surface area contributed by atoms with Gasteiger partial charge in [-0.05, 0) is 20.3 Å². The Morgan fingerprint density at radius 2 is 1.55 bits per heavy atom. The van der Waals surface area contributed by atoms with E-state index in [1.54, 1.807) is 0 Å². The van der Waals surface area contributed by atoms with E-state index in [1.165, 1.54) is 13.0 Å². The van der Waals surface area contributed by atoms with Gasteiger partial charge < -0.3 is 4.48 Å². The first-order valence-corrected chi connectivity index (χ1v) is 4.72. The van der Waals surface area contributed by atoms with Crippen molar-refractivity contribution in [2.75, 3.05) is 20.6 Å². The van der Waals surface area contributed by atoms with E-state index in [0.717, 1.165) is 16.4 Å². The highest BCUT2D eigenvalue weighted by Crippen LogP contribution is 2.12. The number of quaternary nitrogens is 1. The van der Waals surface area contributed by atoms with Crippen molar-refractivity contribution in [2.24, 2.45) is 5.92 Å². The molecule has 0 heterocycles. The number of rotatable bonds is 4. The van der Waals surface area contributed by atoms with Crippen molar-refractivity contribution < 1.29 is 4.48 Å². The summed E-state index contributed by atoms with van der Waals surface area (Å²) in [6, 6.07) is 0.740. The summed E-state index contributed by atoms with van der Waals surface area (Å²) in [7, 11) is 4.63. The van der Waals surface area contributed by atoms with Crippen LogP contribution in [0, 0.1) is 5.92 Å². The molecule has 0 N–H and O–H groups in total. The standard InChI is InChI=1S/C10H24N/c1-7-10(4)8-11(5,6)9(2)3/h9-10H,7-8H2,1-6H3/q+1. The molecule has 11 heavy (non-hydrogen) atoms. The summed E-state index contributed by atoms with van der Waals surface area (Å²) < 4.78 is 1.15. The highest BCUT2D eigenvalue weighted by molar-refractivity contribution is 4.49. The van der Waals surface area contributed by atoms with Crippen molar-refractivity contribution in [3.63, 3.8) is 0 Å². The maximum atomic E-state index is 2.34. The summed E-state index contributed by atoms with van der Waals surface area (Å²) in [5.74, 6) is 0.854. The molecule has 0 aromatic rings. The van der Waals surface area contributed by atoms with Crippen LogP contribution >= 0.6 is 0 Å². The fourth-order valence-corrected chi connectivity index (χ4v) is 1.14. The van der Waals surface area contributed by atoms with E-state index in [9.17, 15) is 0 Å². The molecule has 0 spiro atoms. The average Bonchev–Trinajstić information content (AvgIpc) is 1.86. The Morgan fingerprint density at radius 3 is 1.82 bits per heavy atom. The maximum absolute atomic E-state index is 2.34. The number of nitrogens with zero attached hydrogens (tertiary/aromatic N) is 1. The lowest BCUT2D eigenvalue weighted by Crippen LogP contribution is -2.48. The third kappa shape index (κ3) is 3.76. The van der Waals surface area contributed by atoms with Gasteiger partial charge in [-0.1, -0.05) is 13.8 Å². The lowest BCUT2D eigenvalue weighted by atomic mass is 10.1. The lowest BCUT2D eigenvalue weighted by molar-refractivity contribution is -0.914. The molecule has 0 aliphatic carbocycles. The van der Waals surface area contributed by atoms with Crippen LogP contribution in [0.3, 0.4) is 0 Å². The minimum atomic E-state index is 0.740. The third-order valence-corrected chi connectivity index (χ3v) is 2.88. The molecule has 1 nitrogen and oxygen atoms in total. The molecule has 0 saturated carbocycles. The molecule has 1 heteroatoms. The monoisotopic (exact) mass is 158 g/mol. The quantitative estimate of drug-likeness (QED) is 0.552. The Morgan fingerprint density at radius 1 is 1.09 bits per heavy atom. The van der Waals surface area contributed by atoms with Crippen LogP contribution in [-0.2, 0) is 0 Å². The summed E-state index contributed by atoms with van der Waals surface area (Å²) in [6.45, 7) is 10.5. The van der Waals surface area contributed by atoms with Crippen molar-refractivity contribution in [3.05, 3.63) is 0 Å². The minimum Gasteiger partial charge on any atom is -0.326 e. The van der Waals surface area contributed by atoms with Crippen LogP contribution < -0.4 is 0 Å². The molecule has 0 aliphatic rings. The Kier molecular flexibility index (Phi) is 4.09. The first kappa shape index (κ1) is 11.0. The highest BCUT2D eigenvalue weighted by atomic mass is 15.3. The normalized spacial score (nSPS) is 15.5. The molecular formula is C10H24N+. The Balaban J connectivity index is 3.90. The van der Waals surface area contributed by atoms with E-state index in [-0.39, 0.29) is 0 Å². The predicted molar refractivity (Wildman–Crippen MR) is 51.6 cm³/mol. The lowest BCUT2D eigenvalue weighted by Gasteiger charge is -2.36. The minimum absolute atomic E-state index is 0.740. The van der Waals surface area contributed by atoms with E-state index >= 15 is 0 Å². The number of hydrogen-bond donors (Lipinski definition) is 0. The van der Waals surface area contributed by atoms with Gasteiger partial charge >= 0.3 is 0 Å². The van der Waals surface area contributed by atoms with E-state index in [1.807, 2.05) is 0 Å². The average molecular weight is 158 g/mol. The van der Waals surface area contributed by atoms with Gasteiger partial charge in [-0.15, -0.1) is 0 Å². The second-order valence-electron chi connectivity index (χ2n) is 4.57. The van der Waals surface area contributed by atoms with Gasteiger partial charge in [-0.2, -0.15) is 0 Å². The second-order valence-corrected chi connectivity index (χ2v) is 4.57. The van der Waals surface area contributed by atoms with Crippen molar-refractivity contribution in [3.8, 4) is 0 Å². The van der Waals surface area contributed by atoms with Crippen molar-refractivity contribution in [1.29, 1.82) is 0 Å². The summed E-state index contributed by atoms with van der Waals surface area (Å²) in [5.41, 5.74) is 0. The van der Waals surface area contributed by atoms with Crippen LogP contribution in [0.2, 0.25) is 0 Å². The van der Waals surface area contributed by atoms with Gasteiger partial charge in [0.25, 0.3) is 0 Å². The molecule has 0 amide bonds. The predicted octanol–water partition coefficient (Wildman–Crippen LogP) is 2.52. The van der Waals surface area contributed by atoms with Crippen LogP contribution in [0.4, 0.5) is 0 Å². The fourth-order valence-electron chi connectivity index (χ4n) is 1.14. The van der Waals surface area contributed by atoms with Crippen LogP contribution in [0.15, 0.2) is 0 Å². The second kappa shape index (κ2) is 4.10. The van der Waals surface area contributed by atoms with E-state index < -0.39 is 0 Å². The molecule has 0 aliphatic heterocycles. The smallest absolute Gasteiger partial charge is 0.0829 e. The topological polar surface area (TPSA) is 0 Å². The van der Waals surface area contributed by atoms with Crippen molar-refractivity contribution in [2.45, 2.75) is 40.2 Å². The van der Waals surface area contributed by atoms with Gasteiger partial charge in [0.15, 0.2) is 0 Å². The molecule has 1 atom stereocenters. The SMILES string of the molecule is CCC(C)C[N+](C)(C)C(C)C. The summed E-state index contributed by atoms with van der Waals surface area (Å²) in [4.78, 5) is 0. The zero-order valence-corrected chi connectivity index (χ0v) is 9.02. The van der Waals surface area contributed by atoms with Gasteiger partial charge in [0.05, 0.1) is 26.7 Å². The van der Waals surface area contributed by atoms with Crippen molar-refractivity contribution in [1.82, 2.24) is 0 Å². The van der Waals surface area contributed by atoms with Gasteiger partial charge in [0.1, 0.15) is 0 Å². The van der Waals surface area contributed by atoms with E-state index in [2.05, 4.69) is 41.8 Å². The molecular weight excluding hydrogens is 134 g/mol. The zero-order valence-electron chi connectivity index (χ0n) is 9.02. The highest BCUT2D eigenvalue weighted by Gasteiger charge is 2.21. The molecule has 0 aromatic carbocycles. The maximum Gasteiger partial charge on any atom is 0.0829 e. The summed E-state index contributed by atoms with van der Waals surface area (Å²) in [5, 5.41) is 0. The van der Waals surface area contributed by atoms with Gasteiger partial charge in [0, 0.05) is 5.92 Å². The van der Waals surface area contributed by atoms with E-state index in [0.29, 0.717) is 0 Å². The Hall–Kier alpha value is -0.0400. The third-order valence-electron chi connectivity index (χ3n) is 2.88. The fraction of sp³-hybridized carbons (Fsp3) is 1.00. The largest absolute Gasteiger partial charge is 0.326 e. The van der Waals surface area contributed by atoms with Gasteiger partial charge in [-0.25, -0.2) is 0 Å². The van der Waals surface area contributed by atoms with Gasteiger partial charge in [-0.3, -0.25) is 0 Å². The Labute approximate surface area is 72.0 Å². The molecule has 0 fully saturated rings.